The van der Waals surface area contributed by atoms with Crippen molar-refractivity contribution in [1.29, 1.82) is 0 Å². The fraction of sp³-hybridized carbons (Fsp3) is 0.333. The van der Waals surface area contributed by atoms with Crippen LogP contribution < -0.4 is 11.5 Å². The molecular weight excluding hydrogens is 286 g/mol. The van der Waals surface area contributed by atoms with Crippen LogP contribution in [0.5, 0.6) is 0 Å². The minimum atomic E-state index is -0.666. The van der Waals surface area contributed by atoms with Crippen molar-refractivity contribution in [2.24, 2.45) is 0 Å². The summed E-state index contributed by atoms with van der Waals surface area (Å²) in [6.45, 7) is 1.91. The molecule has 0 spiro atoms. The first kappa shape index (κ1) is 14.0. The van der Waals surface area contributed by atoms with Crippen molar-refractivity contribution in [3.63, 3.8) is 0 Å². The maximum Gasteiger partial charge on any atom is 0.396 e. The molecule has 0 fully saturated rings. The quantitative estimate of drug-likeness (QED) is 0.560. The minimum Gasteiger partial charge on any atom is -0.459 e. The largest absolute Gasteiger partial charge is 0.459 e. The fourth-order valence-corrected chi connectivity index (χ4v) is 1.81. The number of thioether (sulfide) groups is 1. The van der Waals surface area contributed by atoms with Crippen LogP contribution in [0, 0.1) is 0 Å². The van der Waals surface area contributed by atoms with Gasteiger partial charge in [0, 0.05) is 0 Å². The SMILES string of the molecule is CCOC(=O)c1nnc(SCc2nc(N)nc(N)n2)o1. The molecule has 2 aromatic rings. The standard InChI is InChI=1S/C9H11N7O3S/c1-2-18-6(17)5-15-16-9(19-5)20-3-4-12-7(10)14-8(11)13-4/h2-3H2,1H3,(H4,10,11,12,13,14). The molecule has 0 amide bonds. The molecule has 0 aliphatic carbocycles. The average Bonchev–Trinajstić information content (AvgIpc) is 2.84. The van der Waals surface area contributed by atoms with Crippen LogP contribution in [0.15, 0.2) is 9.64 Å². The minimum absolute atomic E-state index is 0.0332. The molecule has 0 aromatic carbocycles. The van der Waals surface area contributed by atoms with Crippen molar-refractivity contribution in [3.8, 4) is 0 Å². The van der Waals surface area contributed by atoms with E-state index in [1.165, 1.54) is 0 Å². The third-order valence-electron chi connectivity index (χ3n) is 1.90. The van der Waals surface area contributed by atoms with E-state index in [4.69, 9.17) is 20.6 Å². The molecule has 106 valence electrons. The van der Waals surface area contributed by atoms with E-state index in [2.05, 4.69) is 25.1 Å². The van der Waals surface area contributed by atoms with Crippen molar-refractivity contribution in [3.05, 3.63) is 11.7 Å². The van der Waals surface area contributed by atoms with Crippen molar-refractivity contribution in [2.45, 2.75) is 17.9 Å². The van der Waals surface area contributed by atoms with Gasteiger partial charge >= 0.3 is 11.9 Å². The van der Waals surface area contributed by atoms with Gasteiger partial charge in [0.15, 0.2) is 0 Å². The second-order valence-corrected chi connectivity index (χ2v) is 4.28. The zero-order valence-electron chi connectivity index (χ0n) is 10.4. The van der Waals surface area contributed by atoms with E-state index in [1.807, 2.05) is 0 Å². The first-order valence-electron chi connectivity index (χ1n) is 5.47. The Morgan fingerprint density at radius 3 is 2.60 bits per heavy atom. The summed E-state index contributed by atoms with van der Waals surface area (Å²) in [5.41, 5.74) is 10.9. The average molecular weight is 297 g/mol. The first-order chi connectivity index (χ1) is 9.58. The summed E-state index contributed by atoms with van der Waals surface area (Å²) < 4.78 is 9.84. The van der Waals surface area contributed by atoms with Crippen molar-refractivity contribution >= 4 is 29.6 Å². The predicted molar refractivity (Wildman–Crippen MR) is 68.5 cm³/mol. The lowest BCUT2D eigenvalue weighted by Gasteiger charge is -1.99. The number of ether oxygens (including phenoxy) is 1. The van der Waals surface area contributed by atoms with Crippen LogP contribution in [0.25, 0.3) is 0 Å². The van der Waals surface area contributed by atoms with E-state index in [0.717, 1.165) is 11.8 Å². The van der Waals surface area contributed by atoms with E-state index in [-0.39, 0.29) is 29.6 Å². The van der Waals surface area contributed by atoms with Gasteiger partial charge in [0.2, 0.25) is 11.9 Å². The Morgan fingerprint density at radius 2 is 1.95 bits per heavy atom. The van der Waals surface area contributed by atoms with E-state index < -0.39 is 5.97 Å². The maximum atomic E-state index is 11.3. The molecule has 0 atom stereocenters. The van der Waals surface area contributed by atoms with Gasteiger partial charge in [-0.3, -0.25) is 0 Å². The molecule has 2 rings (SSSR count). The van der Waals surface area contributed by atoms with Crippen LogP contribution in [0.2, 0.25) is 0 Å². The molecule has 11 heteroatoms. The number of carbonyl (C=O) groups is 1. The number of carbonyl (C=O) groups excluding carboxylic acids is 1. The van der Waals surface area contributed by atoms with Gasteiger partial charge in [0.05, 0.1) is 12.4 Å². The number of nitrogen functional groups attached to an aromatic ring is 2. The number of nitrogens with zero attached hydrogens (tertiary/aromatic N) is 5. The molecule has 10 nitrogen and oxygen atoms in total. The number of aromatic nitrogens is 5. The maximum absolute atomic E-state index is 11.3. The highest BCUT2D eigenvalue weighted by Gasteiger charge is 2.16. The zero-order valence-corrected chi connectivity index (χ0v) is 11.3. The normalized spacial score (nSPS) is 10.4. The van der Waals surface area contributed by atoms with Crippen LogP contribution in [-0.2, 0) is 10.5 Å². The Labute approximate surface area is 117 Å². The predicted octanol–water partition coefficient (Wildman–Crippen LogP) is -0.112. The van der Waals surface area contributed by atoms with Crippen LogP contribution in [0.4, 0.5) is 11.9 Å². The summed E-state index contributed by atoms with van der Waals surface area (Å²) >= 11 is 1.14. The molecule has 0 bridgehead atoms. The van der Waals surface area contributed by atoms with Gasteiger partial charge in [-0.15, -0.1) is 5.10 Å². The second kappa shape index (κ2) is 6.14. The summed E-state index contributed by atoms with van der Waals surface area (Å²) in [5, 5.41) is 7.44. The lowest BCUT2D eigenvalue weighted by atomic mass is 10.7. The highest BCUT2D eigenvalue weighted by molar-refractivity contribution is 7.98. The molecular formula is C9H11N7O3S. The Balaban J connectivity index is 1.99. The van der Waals surface area contributed by atoms with Gasteiger partial charge in [-0.05, 0) is 6.92 Å². The number of nitrogens with two attached hydrogens (primary N) is 2. The van der Waals surface area contributed by atoms with E-state index in [1.54, 1.807) is 6.92 Å². The number of esters is 1. The van der Waals surface area contributed by atoms with Crippen molar-refractivity contribution in [2.75, 3.05) is 18.1 Å². The number of hydrogen-bond donors (Lipinski definition) is 2. The highest BCUT2D eigenvalue weighted by Crippen LogP contribution is 2.20. The monoisotopic (exact) mass is 297 g/mol. The van der Waals surface area contributed by atoms with Gasteiger partial charge in [-0.2, -0.15) is 15.0 Å². The zero-order chi connectivity index (χ0) is 14.5. The summed E-state index contributed by atoms with van der Waals surface area (Å²) in [7, 11) is 0. The Bertz CT molecular complexity index is 597. The van der Waals surface area contributed by atoms with Gasteiger partial charge < -0.3 is 20.6 Å². The fourth-order valence-electron chi connectivity index (χ4n) is 1.19. The molecule has 0 saturated carbocycles. The van der Waals surface area contributed by atoms with Crippen molar-refractivity contribution < 1.29 is 13.9 Å². The summed E-state index contributed by atoms with van der Waals surface area (Å²) in [6, 6.07) is 0. The number of anilines is 2. The van der Waals surface area contributed by atoms with Gasteiger partial charge in [-0.25, -0.2) is 4.79 Å². The second-order valence-electron chi connectivity index (χ2n) is 3.35. The van der Waals surface area contributed by atoms with Crippen LogP contribution in [0.1, 0.15) is 23.4 Å². The molecule has 20 heavy (non-hydrogen) atoms. The summed E-state index contributed by atoms with van der Waals surface area (Å²) in [6.07, 6.45) is 0. The molecule has 2 aromatic heterocycles. The van der Waals surface area contributed by atoms with Crippen LogP contribution in [-0.4, -0.2) is 37.7 Å². The molecule has 0 aliphatic heterocycles. The lowest BCUT2D eigenvalue weighted by Crippen LogP contribution is -2.05. The lowest BCUT2D eigenvalue weighted by molar-refractivity contribution is 0.0475. The Morgan fingerprint density at radius 1 is 1.25 bits per heavy atom. The first-order valence-corrected chi connectivity index (χ1v) is 6.46. The highest BCUT2D eigenvalue weighted by atomic mass is 32.2. The van der Waals surface area contributed by atoms with Crippen LogP contribution in [0.3, 0.4) is 0 Å². The van der Waals surface area contributed by atoms with Crippen molar-refractivity contribution in [1.82, 2.24) is 25.1 Å². The third kappa shape index (κ3) is 3.54. The summed E-state index contributed by atoms with van der Waals surface area (Å²) in [4.78, 5) is 22.8. The van der Waals surface area contributed by atoms with Gasteiger partial charge in [-0.1, -0.05) is 16.9 Å². The number of hydrogen-bond acceptors (Lipinski definition) is 11. The number of rotatable bonds is 5. The molecule has 0 unspecified atom stereocenters. The van der Waals surface area contributed by atoms with E-state index >= 15 is 0 Å². The molecule has 0 radical (unpaired) electrons. The Kier molecular flexibility index (Phi) is 4.30. The molecule has 4 N–H and O–H groups in total. The molecule has 0 saturated heterocycles. The smallest absolute Gasteiger partial charge is 0.396 e. The van der Waals surface area contributed by atoms with Crippen LogP contribution >= 0.6 is 11.8 Å². The third-order valence-corrected chi connectivity index (χ3v) is 2.71. The molecule has 2 heterocycles. The van der Waals surface area contributed by atoms with E-state index in [9.17, 15) is 4.79 Å². The summed E-state index contributed by atoms with van der Waals surface area (Å²) in [5.74, 6) is -0.140. The van der Waals surface area contributed by atoms with E-state index in [0.29, 0.717) is 11.6 Å². The van der Waals surface area contributed by atoms with Gasteiger partial charge in [0.25, 0.3) is 5.22 Å². The topological polar surface area (TPSA) is 156 Å². The Hall–Kier alpha value is -2.43. The van der Waals surface area contributed by atoms with Gasteiger partial charge in [0.1, 0.15) is 5.82 Å². The molecule has 0 aliphatic rings.